The molecule has 0 aliphatic rings. The van der Waals surface area contributed by atoms with Gasteiger partial charge in [-0.05, 0) is 47.7 Å². The van der Waals surface area contributed by atoms with Crippen molar-refractivity contribution in [2.75, 3.05) is 6.54 Å². The van der Waals surface area contributed by atoms with Crippen LogP contribution in [0.1, 0.15) is 18.1 Å². The molecule has 0 aliphatic heterocycles. The monoisotopic (exact) mass is 282 g/mol. The Kier molecular flexibility index (Phi) is 4.06. The Morgan fingerprint density at radius 3 is 2.86 bits per heavy atom. The molecule has 0 spiro atoms. The van der Waals surface area contributed by atoms with E-state index in [0.717, 1.165) is 26.1 Å². The van der Waals surface area contributed by atoms with Crippen molar-refractivity contribution < 1.29 is 0 Å². The first-order valence-electron chi connectivity index (χ1n) is 7.52. The van der Waals surface area contributed by atoms with Crippen LogP contribution in [0.25, 0.3) is 10.9 Å². The van der Waals surface area contributed by atoms with Crippen LogP contribution in [-0.2, 0) is 26.6 Å². The van der Waals surface area contributed by atoms with Gasteiger partial charge in [-0.3, -0.25) is 4.68 Å². The highest BCUT2D eigenvalue weighted by atomic mass is 15.2. The van der Waals surface area contributed by atoms with Crippen LogP contribution < -0.4 is 5.32 Å². The molecule has 0 unspecified atom stereocenters. The van der Waals surface area contributed by atoms with E-state index < -0.39 is 0 Å². The summed E-state index contributed by atoms with van der Waals surface area (Å²) in [5.74, 6) is 0. The van der Waals surface area contributed by atoms with E-state index in [1.54, 1.807) is 0 Å². The average molecular weight is 282 g/mol. The maximum atomic E-state index is 4.22. The second-order valence-electron chi connectivity index (χ2n) is 5.45. The molecule has 2 heterocycles. The number of nitrogens with zero attached hydrogens (tertiary/aromatic N) is 3. The van der Waals surface area contributed by atoms with Crippen LogP contribution in [0.4, 0.5) is 0 Å². The Morgan fingerprint density at radius 1 is 1.19 bits per heavy atom. The second-order valence-corrected chi connectivity index (χ2v) is 5.45. The minimum Gasteiger partial charge on any atom is -0.347 e. The quantitative estimate of drug-likeness (QED) is 0.754. The highest BCUT2D eigenvalue weighted by Gasteiger charge is 2.03. The maximum Gasteiger partial charge on any atom is 0.0522 e. The van der Waals surface area contributed by atoms with E-state index in [1.165, 1.54) is 22.0 Å². The van der Waals surface area contributed by atoms with Crippen LogP contribution in [-0.4, -0.2) is 20.9 Å². The molecule has 0 atom stereocenters. The van der Waals surface area contributed by atoms with Gasteiger partial charge in [0.2, 0.25) is 0 Å². The van der Waals surface area contributed by atoms with Gasteiger partial charge in [0.1, 0.15) is 0 Å². The number of aromatic nitrogens is 3. The lowest BCUT2D eigenvalue weighted by molar-refractivity contribution is 0.719. The van der Waals surface area contributed by atoms with Crippen molar-refractivity contribution in [3.05, 3.63) is 54.0 Å². The van der Waals surface area contributed by atoms with Gasteiger partial charge in [0.15, 0.2) is 0 Å². The van der Waals surface area contributed by atoms with E-state index in [4.69, 9.17) is 0 Å². The summed E-state index contributed by atoms with van der Waals surface area (Å²) in [6.07, 6.45) is 7.22. The maximum absolute atomic E-state index is 4.22. The summed E-state index contributed by atoms with van der Waals surface area (Å²) in [5.41, 5.74) is 3.93. The summed E-state index contributed by atoms with van der Waals surface area (Å²) >= 11 is 0. The van der Waals surface area contributed by atoms with Crippen LogP contribution in [0.2, 0.25) is 0 Å². The smallest absolute Gasteiger partial charge is 0.0522 e. The summed E-state index contributed by atoms with van der Waals surface area (Å²) in [4.78, 5) is 0. The Bertz CT molecular complexity index is 723. The van der Waals surface area contributed by atoms with Crippen molar-refractivity contribution in [1.29, 1.82) is 0 Å². The summed E-state index contributed by atoms with van der Waals surface area (Å²) in [5, 5.41) is 8.90. The standard InChI is InChI=1S/C17H22N4/c1-3-18-11-14-4-5-17-16(10-14)7-9-21(17)8-6-15-12-19-20(2)13-15/h4-5,7,9-10,12-13,18H,3,6,8,11H2,1-2H3. The van der Waals surface area contributed by atoms with E-state index in [9.17, 15) is 0 Å². The van der Waals surface area contributed by atoms with Crippen molar-refractivity contribution in [2.24, 2.45) is 7.05 Å². The van der Waals surface area contributed by atoms with Crippen LogP contribution in [0.3, 0.4) is 0 Å². The van der Waals surface area contributed by atoms with Gasteiger partial charge >= 0.3 is 0 Å². The molecule has 21 heavy (non-hydrogen) atoms. The third-order valence-corrected chi connectivity index (χ3v) is 3.81. The Morgan fingerprint density at radius 2 is 2.10 bits per heavy atom. The van der Waals surface area contributed by atoms with Gasteiger partial charge in [0.25, 0.3) is 0 Å². The van der Waals surface area contributed by atoms with Crippen LogP contribution in [0.15, 0.2) is 42.9 Å². The van der Waals surface area contributed by atoms with E-state index >= 15 is 0 Å². The van der Waals surface area contributed by atoms with E-state index in [-0.39, 0.29) is 0 Å². The van der Waals surface area contributed by atoms with Gasteiger partial charge in [-0.2, -0.15) is 5.10 Å². The Labute approximate surface area is 125 Å². The van der Waals surface area contributed by atoms with Gasteiger partial charge < -0.3 is 9.88 Å². The van der Waals surface area contributed by atoms with Crippen LogP contribution in [0, 0.1) is 0 Å². The number of hydrogen-bond donors (Lipinski definition) is 1. The summed E-state index contributed by atoms with van der Waals surface area (Å²) in [6.45, 7) is 5.06. The molecule has 0 saturated heterocycles. The predicted octanol–water partition coefficient (Wildman–Crippen LogP) is 2.73. The topological polar surface area (TPSA) is 34.8 Å². The molecular formula is C17H22N4. The normalized spacial score (nSPS) is 11.3. The van der Waals surface area contributed by atoms with Crippen LogP contribution >= 0.6 is 0 Å². The Balaban J connectivity index is 1.74. The second kappa shape index (κ2) is 6.14. The van der Waals surface area contributed by atoms with Gasteiger partial charge in [0.05, 0.1) is 6.20 Å². The minimum atomic E-state index is 0.938. The lowest BCUT2D eigenvalue weighted by atomic mass is 10.1. The summed E-state index contributed by atoms with van der Waals surface area (Å²) in [6, 6.07) is 8.92. The van der Waals surface area contributed by atoms with E-state index in [0.29, 0.717) is 0 Å². The third-order valence-electron chi connectivity index (χ3n) is 3.81. The predicted molar refractivity (Wildman–Crippen MR) is 86.2 cm³/mol. The number of rotatable bonds is 6. The lowest BCUT2D eigenvalue weighted by Crippen LogP contribution is -2.11. The highest BCUT2D eigenvalue weighted by molar-refractivity contribution is 5.80. The molecule has 2 aromatic heterocycles. The number of fused-ring (bicyclic) bond motifs is 1. The number of hydrogen-bond acceptors (Lipinski definition) is 2. The van der Waals surface area contributed by atoms with E-state index in [2.05, 4.69) is 58.6 Å². The highest BCUT2D eigenvalue weighted by Crippen LogP contribution is 2.18. The molecule has 3 aromatic rings. The molecule has 4 nitrogen and oxygen atoms in total. The van der Waals surface area contributed by atoms with Crippen molar-refractivity contribution in [1.82, 2.24) is 19.7 Å². The molecule has 110 valence electrons. The van der Waals surface area contributed by atoms with Crippen LogP contribution in [0.5, 0.6) is 0 Å². The average Bonchev–Trinajstić information content (AvgIpc) is 3.08. The molecule has 4 heteroatoms. The minimum absolute atomic E-state index is 0.938. The summed E-state index contributed by atoms with van der Waals surface area (Å²) in [7, 11) is 1.96. The van der Waals surface area contributed by atoms with Crippen molar-refractivity contribution >= 4 is 10.9 Å². The molecule has 0 aliphatic carbocycles. The van der Waals surface area contributed by atoms with Crippen molar-refractivity contribution in [2.45, 2.75) is 26.4 Å². The number of nitrogens with one attached hydrogen (secondary N) is 1. The number of benzene rings is 1. The van der Waals surface area contributed by atoms with Crippen molar-refractivity contribution in [3.8, 4) is 0 Å². The zero-order valence-electron chi connectivity index (χ0n) is 12.7. The fraction of sp³-hybridized carbons (Fsp3) is 0.353. The molecule has 0 amide bonds. The molecule has 0 bridgehead atoms. The fourth-order valence-electron chi connectivity index (χ4n) is 2.67. The fourth-order valence-corrected chi connectivity index (χ4v) is 2.67. The van der Waals surface area contributed by atoms with Gasteiger partial charge in [-0.1, -0.05) is 13.0 Å². The zero-order chi connectivity index (χ0) is 14.7. The SMILES string of the molecule is CCNCc1ccc2c(ccn2CCc2cnn(C)c2)c1. The van der Waals surface area contributed by atoms with Gasteiger partial charge in [-0.25, -0.2) is 0 Å². The third kappa shape index (κ3) is 3.16. The largest absolute Gasteiger partial charge is 0.347 e. The molecule has 1 aromatic carbocycles. The molecule has 0 fully saturated rings. The van der Waals surface area contributed by atoms with E-state index in [1.807, 2.05) is 17.9 Å². The van der Waals surface area contributed by atoms with Gasteiger partial charge in [-0.15, -0.1) is 0 Å². The zero-order valence-corrected chi connectivity index (χ0v) is 12.7. The summed E-state index contributed by atoms with van der Waals surface area (Å²) < 4.78 is 4.18. The molecule has 3 rings (SSSR count). The first-order chi connectivity index (χ1) is 10.3. The molecule has 1 N–H and O–H groups in total. The number of aryl methyl sites for hydroxylation is 3. The molecule has 0 saturated carbocycles. The van der Waals surface area contributed by atoms with Crippen molar-refractivity contribution in [3.63, 3.8) is 0 Å². The molecular weight excluding hydrogens is 260 g/mol. The van der Waals surface area contributed by atoms with Gasteiger partial charge in [0, 0.05) is 38.0 Å². The first-order valence-corrected chi connectivity index (χ1v) is 7.52. The lowest BCUT2D eigenvalue weighted by Gasteiger charge is -2.06. The Hall–Kier alpha value is -2.07. The molecule has 0 radical (unpaired) electrons. The first kappa shape index (κ1) is 13.9.